The number of aliphatic hydroxyl groups is 2. The predicted octanol–water partition coefficient (Wildman–Crippen LogP) is -2.05. The molecule has 1 aliphatic heterocycles. The van der Waals surface area contributed by atoms with E-state index in [2.05, 4.69) is 10.6 Å². The number of rotatable bonds is 12. The first-order valence-electron chi connectivity index (χ1n) is 9.27. The third-order valence-corrected chi connectivity index (χ3v) is 4.25. The van der Waals surface area contributed by atoms with Crippen LogP contribution in [0.1, 0.15) is 33.1 Å². The number of carbonyl (C=O) groups excluding carboxylic acids is 1. The van der Waals surface area contributed by atoms with Crippen molar-refractivity contribution in [2.45, 2.75) is 69.8 Å². The van der Waals surface area contributed by atoms with Gasteiger partial charge in [-0.05, 0) is 12.5 Å². The minimum absolute atomic E-state index is 0.267. The number of hydrogen-bond acceptors (Lipinski definition) is 9. The molecule has 0 saturated heterocycles. The van der Waals surface area contributed by atoms with Crippen molar-refractivity contribution in [1.82, 2.24) is 10.6 Å². The molecule has 5 atom stereocenters. The van der Waals surface area contributed by atoms with Crippen LogP contribution in [0, 0.1) is 0 Å². The molecule has 162 valence electrons. The van der Waals surface area contributed by atoms with Crippen molar-refractivity contribution in [3.8, 4) is 0 Å². The monoisotopic (exact) mass is 404 g/mol. The highest BCUT2D eigenvalue weighted by Crippen LogP contribution is 2.25. The highest BCUT2D eigenvalue weighted by atomic mass is 16.6. The number of nitrogens with one attached hydrogen (secondary N) is 2. The molecule has 0 aromatic carbocycles. The van der Waals surface area contributed by atoms with E-state index in [1.54, 1.807) is 0 Å². The van der Waals surface area contributed by atoms with Gasteiger partial charge < -0.3 is 41.6 Å². The third kappa shape index (κ3) is 7.34. The molecule has 1 amide bonds. The van der Waals surface area contributed by atoms with Crippen LogP contribution in [0.15, 0.2) is 11.8 Å². The molecule has 0 spiro atoms. The normalized spacial score (nSPS) is 24.2. The summed E-state index contributed by atoms with van der Waals surface area (Å²) in [6, 6.07) is -1.66. The molecule has 9 N–H and O–H groups in total. The zero-order valence-electron chi connectivity index (χ0n) is 16.2. The Morgan fingerprint density at radius 2 is 2.04 bits per heavy atom. The van der Waals surface area contributed by atoms with Crippen molar-refractivity contribution in [3.05, 3.63) is 11.8 Å². The summed E-state index contributed by atoms with van der Waals surface area (Å²) in [4.78, 5) is 23.2. The fourth-order valence-electron chi connectivity index (χ4n) is 3.00. The number of carboxylic acid groups (broad SMARTS) is 1. The van der Waals surface area contributed by atoms with E-state index in [1.807, 2.05) is 6.92 Å². The lowest BCUT2D eigenvalue weighted by Gasteiger charge is -2.42. The van der Waals surface area contributed by atoms with Gasteiger partial charge in [0.2, 0.25) is 11.7 Å². The molecule has 0 aromatic rings. The second kappa shape index (κ2) is 11.9. The highest BCUT2D eigenvalue weighted by Gasteiger charge is 2.44. The van der Waals surface area contributed by atoms with Crippen molar-refractivity contribution < 1.29 is 34.4 Å². The minimum Gasteiger partial charge on any atom is -0.478 e. The molecule has 11 nitrogen and oxygen atoms in total. The predicted molar refractivity (Wildman–Crippen MR) is 99.6 cm³/mol. The second-order valence-electron chi connectivity index (χ2n) is 6.66. The highest BCUT2D eigenvalue weighted by molar-refractivity contribution is 5.84. The smallest absolute Gasteiger partial charge is 0.370 e. The molecule has 5 unspecified atom stereocenters. The summed E-state index contributed by atoms with van der Waals surface area (Å²) in [6.07, 6.45) is -0.765. The Kier molecular flexibility index (Phi) is 10.4. The van der Waals surface area contributed by atoms with Crippen molar-refractivity contribution >= 4 is 11.9 Å². The quantitative estimate of drug-likeness (QED) is 0.141. The SMILES string of the molecule is CCCCCOC(C(O)CO)C1OC(C(=O)O)=CC(NC(N)N)C1NC(C)=O. The number of aliphatic hydroxyl groups excluding tert-OH is 2. The second-order valence-corrected chi connectivity index (χ2v) is 6.66. The number of nitrogens with two attached hydrogens (primary N) is 2. The van der Waals surface area contributed by atoms with Crippen LogP contribution in [0.5, 0.6) is 0 Å². The van der Waals surface area contributed by atoms with Gasteiger partial charge in [-0.3, -0.25) is 10.1 Å². The summed E-state index contributed by atoms with van der Waals surface area (Å²) in [6.45, 7) is 2.94. The molecule has 1 aliphatic rings. The van der Waals surface area contributed by atoms with Crippen molar-refractivity contribution in [1.29, 1.82) is 0 Å². The van der Waals surface area contributed by atoms with Crippen LogP contribution in [0.4, 0.5) is 0 Å². The van der Waals surface area contributed by atoms with E-state index < -0.39 is 60.9 Å². The molecule has 11 heteroatoms. The van der Waals surface area contributed by atoms with Crippen LogP contribution < -0.4 is 22.1 Å². The number of unbranched alkanes of at least 4 members (excludes halogenated alkanes) is 2. The van der Waals surface area contributed by atoms with E-state index in [-0.39, 0.29) is 6.61 Å². The van der Waals surface area contributed by atoms with E-state index in [4.69, 9.17) is 20.9 Å². The van der Waals surface area contributed by atoms with Crippen LogP contribution in [-0.2, 0) is 19.1 Å². The van der Waals surface area contributed by atoms with Gasteiger partial charge in [-0.25, -0.2) is 4.79 Å². The van der Waals surface area contributed by atoms with Gasteiger partial charge in [0.25, 0.3) is 0 Å². The summed E-state index contributed by atoms with van der Waals surface area (Å²) in [7, 11) is 0. The molecule has 1 heterocycles. The molecule has 28 heavy (non-hydrogen) atoms. The number of ether oxygens (including phenoxy) is 2. The first-order valence-corrected chi connectivity index (χ1v) is 9.27. The molecular weight excluding hydrogens is 372 g/mol. The zero-order chi connectivity index (χ0) is 21.3. The van der Waals surface area contributed by atoms with E-state index in [0.29, 0.717) is 6.42 Å². The molecule has 0 radical (unpaired) electrons. The minimum atomic E-state index is -1.36. The number of carboxylic acids is 1. The van der Waals surface area contributed by atoms with E-state index >= 15 is 0 Å². The lowest BCUT2D eigenvalue weighted by molar-refractivity contribution is -0.154. The Labute approximate surface area is 164 Å². The summed E-state index contributed by atoms with van der Waals surface area (Å²) >= 11 is 0. The average Bonchev–Trinajstić information content (AvgIpc) is 2.61. The Balaban J connectivity index is 3.21. The number of hydrogen-bond donors (Lipinski definition) is 7. The molecule has 0 bridgehead atoms. The van der Waals surface area contributed by atoms with Gasteiger partial charge in [0.15, 0.2) is 0 Å². The summed E-state index contributed by atoms with van der Waals surface area (Å²) < 4.78 is 11.3. The van der Waals surface area contributed by atoms with E-state index in [0.717, 1.165) is 12.8 Å². The lowest BCUT2D eigenvalue weighted by atomic mass is 9.91. The Bertz CT molecular complexity index is 544. The van der Waals surface area contributed by atoms with Crippen LogP contribution >= 0.6 is 0 Å². The molecule has 0 fully saturated rings. The number of carbonyl (C=O) groups is 2. The third-order valence-electron chi connectivity index (χ3n) is 4.25. The van der Waals surface area contributed by atoms with Crippen LogP contribution in [-0.4, -0.2) is 77.1 Å². The van der Waals surface area contributed by atoms with Gasteiger partial charge in [-0.2, -0.15) is 0 Å². The molecule has 1 rings (SSSR count). The van der Waals surface area contributed by atoms with Crippen molar-refractivity contribution in [3.63, 3.8) is 0 Å². The van der Waals surface area contributed by atoms with Gasteiger partial charge in [0, 0.05) is 13.5 Å². The Morgan fingerprint density at radius 1 is 1.36 bits per heavy atom. The molecule has 0 aromatic heterocycles. The summed E-state index contributed by atoms with van der Waals surface area (Å²) in [5.41, 5.74) is 11.1. The zero-order valence-corrected chi connectivity index (χ0v) is 16.2. The average molecular weight is 404 g/mol. The fourth-order valence-corrected chi connectivity index (χ4v) is 3.00. The largest absolute Gasteiger partial charge is 0.478 e. The first kappa shape index (κ1) is 24.3. The van der Waals surface area contributed by atoms with Crippen LogP contribution in [0.3, 0.4) is 0 Å². The van der Waals surface area contributed by atoms with Gasteiger partial charge >= 0.3 is 5.97 Å². The Morgan fingerprint density at radius 3 is 2.54 bits per heavy atom. The molecule has 0 saturated carbocycles. The van der Waals surface area contributed by atoms with E-state index in [9.17, 15) is 24.9 Å². The standard InChI is InChI=1S/C17H32N4O7/c1-3-4-5-6-27-14(11(24)8-22)15-13(20-9(2)23)10(21-17(18)19)7-12(28-15)16(25)26/h7,10-11,13-15,17,21-22,24H,3-6,8,18-19H2,1-2H3,(H,20,23)(H,25,26). The first-order chi connectivity index (χ1) is 13.2. The number of aliphatic carboxylic acids is 1. The maximum Gasteiger partial charge on any atom is 0.370 e. The molecular formula is C17H32N4O7. The lowest BCUT2D eigenvalue weighted by Crippen LogP contribution is -2.66. The topological polar surface area (TPSA) is 189 Å². The fraction of sp³-hybridized carbons (Fsp3) is 0.765. The van der Waals surface area contributed by atoms with Gasteiger partial charge in [0.1, 0.15) is 24.6 Å². The maximum absolute atomic E-state index is 11.7. The van der Waals surface area contributed by atoms with Crippen LogP contribution in [0.2, 0.25) is 0 Å². The Hall–Kier alpha value is -1.76. The maximum atomic E-state index is 11.7. The van der Waals surface area contributed by atoms with Crippen molar-refractivity contribution in [2.75, 3.05) is 13.2 Å². The van der Waals surface area contributed by atoms with Gasteiger partial charge in [0.05, 0.1) is 18.7 Å². The summed E-state index contributed by atoms with van der Waals surface area (Å²) in [5, 5.41) is 34.5. The molecule has 0 aliphatic carbocycles. The van der Waals surface area contributed by atoms with Gasteiger partial charge in [-0.1, -0.05) is 19.8 Å². The number of amides is 1. The van der Waals surface area contributed by atoms with E-state index in [1.165, 1.54) is 13.0 Å². The van der Waals surface area contributed by atoms with Crippen LogP contribution in [0.25, 0.3) is 0 Å². The van der Waals surface area contributed by atoms with Crippen molar-refractivity contribution in [2.24, 2.45) is 11.5 Å². The summed E-state index contributed by atoms with van der Waals surface area (Å²) in [5.74, 6) is -2.16. The van der Waals surface area contributed by atoms with Gasteiger partial charge in [-0.15, -0.1) is 0 Å².